The molecule has 0 radical (unpaired) electrons. The average molecular weight is 337 g/mol. The van der Waals surface area contributed by atoms with Crippen molar-refractivity contribution in [1.82, 2.24) is 19.7 Å². The first-order valence-electron chi connectivity index (χ1n) is 8.18. The topological polar surface area (TPSA) is 90.2 Å². The number of rotatable bonds is 3. The quantitative estimate of drug-likeness (QED) is 0.786. The Labute approximate surface area is 145 Å². The first-order chi connectivity index (χ1) is 12.1. The van der Waals surface area contributed by atoms with Crippen molar-refractivity contribution >= 4 is 5.91 Å². The van der Waals surface area contributed by atoms with Gasteiger partial charge in [0.1, 0.15) is 24.2 Å². The van der Waals surface area contributed by atoms with Crippen LogP contribution in [0, 0.1) is 6.92 Å². The molecule has 3 heterocycles. The highest BCUT2D eigenvalue weighted by molar-refractivity contribution is 5.94. The molecule has 2 atom stereocenters. The first-order valence-corrected chi connectivity index (χ1v) is 8.18. The fraction of sp³-hybridized carbons (Fsp3) is 0.278. The van der Waals surface area contributed by atoms with E-state index in [0.29, 0.717) is 18.7 Å². The predicted molar refractivity (Wildman–Crippen MR) is 91.4 cm³/mol. The van der Waals surface area contributed by atoms with Crippen LogP contribution in [0.1, 0.15) is 27.8 Å². The first kappa shape index (κ1) is 15.6. The second-order valence-corrected chi connectivity index (χ2v) is 6.34. The van der Waals surface area contributed by atoms with E-state index in [-0.39, 0.29) is 17.9 Å². The number of carbonyl (C=O) groups is 1. The van der Waals surface area contributed by atoms with Gasteiger partial charge >= 0.3 is 0 Å². The van der Waals surface area contributed by atoms with Crippen LogP contribution in [0.4, 0.5) is 0 Å². The lowest BCUT2D eigenvalue weighted by Crippen LogP contribution is -2.32. The lowest BCUT2D eigenvalue weighted by Gasteiger charge is -2.16. The lowest BCUT2D eigenvalue weighted by atomic mass is 10.0. The number of hydrogen-bond acceptors (Lipinski definition) is 5. The molecule has 0 spiro atoms. The number of aryl methyl sites for hydroxylation is 1. The molecule has 0 unspecified atom stereocenters. The summed E-state index contributed by atoms with van der Waals surface area (Å²) < 4.78 is 7.48. The molecule has 25 heavy (non-hydrogen) atoms. The van der Waals surface area contributed by atoms with Crippen LogP contribution in [0.15, 0.2) is 53.5 Å². The van der Waals surface area contributed by atoms with Crippen molar-refractivity contribution in [2.75, 3.05) is 13.1 Å². The van der Waals surface area contributed by atoms with Gasteiger partial charge in [-0.25, -0.2) is 0 Å². The Balaban J connectivity index is 1.49. The van der Waals surface area contributed by atoms with Crippen molar-refractivity contribution in [3.63, 3.8) is 0 Å². The van der Waals surface area contributed by atoms with E-state index >= 15 is 0 Å². The Hall–Kier alpha value is -2.93. The Morgan fingerprint density at radius 3 is 2.48 bits per heavy atom. The minimum Gasteiger partial charge on any atom is -0.466 e. The number of amides is 1. The monoisotopic (exact) mass is 337 g/mol. The number of benzene rings is 1. The van der Waals surface area contributed by atoms with Crippen LogP contribution in [0.2, 0.25) is 0 Å². The molecular formula is C18H19N5O2. The molecule has 7 nitrogen and oxygen atoms in total. The van der Waals surface area contributed by atoms with Gasteiger partial charge in [-0.3, -0.25) is 9.36 Å². The summed E-state index contributed by atoms with van der Waals surface area (Å²) in [5, 5.41) is 7.56. The Morgan fingerprint density at radius 2 is 1.84 bits per heavy atom. The SMILES string of the molecule is Cc1ccc([C@H]2CN(C(=O)c3ccc(-n4cnnc4)cc3)C[C@@H]2N)o1. The van der Waals surface area contributed by atoms with Crippen LogP contribution < -0.4 is 5.73 Å². The van der Waals surface area contributed by atoms with Gasteiger partial charge in [0.25, 0.3) is 5.91 Å². The molecule has 1 aromatic carbocycles. The third kappa shape index (κ3) is 2.94. The average Bonchev–Trinajstić information content (AvgIpc) is 3.35. The maximum atomic E-state index is 12.8. The van der Waals surface area contributed by atoms with E-state index in [0.717, 1.165) is 17.2 Å². The highest BCUT2D eigenvalue weighted by Crippen LogP contribution is 2.29. The molecule has 3 aromatic rings. The third-order valence-corrected chi connectivity index (χ3v) is 4.61. The van der Waals surface area contributed by atoms with Gasteiger partial charge in [-0.2, -0.15) is 0 Å². The Bertz CT molecular complexity index is 869. The Kier molecular flexibility index (Phi) is 3.85. The van der Waals surface area contributed by atoms with Crippen LogP contribution in [0.5, 0.6) is 0 Å². The zero-order valence-electron chi connectivity index (χ0n) is 13.9. The van der Waals surface area contributed by atoms with Crippen LogP contribution in [0.25, 0.3) is 5.69 Å². The molecule has 2 N–H and O–H groups in total. The van der Waals surface area contributed by atoms with Crippen molar-refractivity contribution < 1.29 is 9.21 Å². The van der Waals surface area contributed by atoms with Crippen LogP contribution >= 0.6 is 0 Å². The summed E-state index contributed by atoms with van der Waals surface area (Å²) in [5.74, 6) is 1.73. The summed E-state index contributed by atoms with van der Waals surface area (Å²) in [6.45, 7) is 3.00. The molecule has 1 amide bonds. The summed E-state index contributed by atoms with van der Waals surface area (Å²) in [5.41, 5.74) is 7.79. The van der Waals surface area contributed by atoms with Crippen molar-refractivity contribution in [3.8, 4) is 5.69 Å². The van der Waals surface area contributed by atoms with Gasteiger partial charge in [-0.05, 0) is 43.3 Å². The van der Waals surface area contributed by atoms with Crippen LogP contribution in [-0.2, 0) is 0 Å². The van der Waals surface area contributed by atoms with Gasteiger partial charge in [0, 0.05) is 30.4 Å². The summed E-state index contributed by atoms with van der Waals surface area (Å²) >= 11 is 0. The second-order valence-electron chi connectivity index (χ2n) is 6.34. The van der Waals surface area contributed by atoms with E-state index in [4.69, 9.17) is 10.2 Å². The number of carbonyl (C=O) groups excluding carboxylic acids is 1. The number of nitrogens with two attached hydrogens (primary N) is 1. The fourth-order valence-corrected chi connectivity index (χ4v) is 3.24. The number of aromatic nitrogens is 3. The summed E-state index contributed by atoms with van der Waals surface area (Å²) in [4.78, 5) is 14.6. The van der Waals surface area contributed by atoms with E-state index in [9.17, 15) is 4.79 Å². The van der Waals surface area contributed by atoms with Crippen molar-refractivity contribution in [3.05, 3.63) is 66.1 Å². The standard InChI is InChI=1S/C18H19N5O2/c1-12-2-7-17(25-12)15-8-22(9-16(15)19)18(24)13-3-5-14(6-4-13)23-10-20-21-11-23/h2-7,10-11,15-16H,8-9,19H2,1H3/t15-,16-/m0/s1. The van der Waals surface area contributed by atoms with Gasteiger partial charge in [-0.15, -0.1) is 10.2 Å². The molecule has 1 aliphatic rings. The van der Waals surface area contributed by atoms with E-state index < -0.39 is 0 Å². The molecule has 1 saturated heterocycles. The molecule has 1 aliphatic heterocycles. The third-order valence-electron chi connectivity index (χ3n) is 4.61. The minimum absolute atomic E-state index is 0.0171. The molecular weight excluding hydrogens is 318 g/mol. The van der Waals surface area contributed by atoms with E-state index in [1.807, 2.05) is 43.3 Å². The van der Waals surface area contributed by atoms with Crippen LogP contribution in [0.3, 0.4) is 0 Å². The van der Waals surface area contributed by atoms with E-state index in [2.05, 4.69) is 10.2 Å². The number of furan rings is 1. The number of hydrogen-bond donors (Lipinski definition) is 1. The highest BCUT2D eigenvalue weighted by atomic mass is 16.3. The van der Waals surface area contributed by atoms with E-state index in [1.165, 1.54) is 0 Å². The summed E-state index contributed by atoms with van der Waals surface area (Å²) in [7, 11) is 0. The van der Waals surface area contributed by atoms with Gasteiger partial charge in [-0.1, -0.05) is 0 Å². The van der Waals surface area contributed by atoms with E-state index in [1.54, 1.807) is 22.1 Å². The zero-order valence-corrected chi connectivity index (χ0v) is 13.9. The second kappa shape index (κ2) is 6.18. The molecule has 0 bridgehead atoms. The maximum Gasteiger partial charge on any atom is 0.253 e. The molecule has 1 fully saturated rings. The lowest BCUT2D eigenvalue weighted by molar-refractivity contribution is 0.0788. The molecule has 2 aromatic heterocycles. The summed E-state index contributed by atoms with van der Waals surface area (Å²) in [6.07, 6.45) is 3.23. The molecule has 128 valence electrons. The van der Waals surface area contributed by atoms with Crippen molar-refractivity contribution in [2.24, 2.45) is 5.73 Å². The van der Waals surface area contributed by atoms with Gasteiger partial charge in [0.15, 0.2) is 0 Å². The predicted octanol–water partition coefficient (Wildman–Crippen LogP) is 1.74. The molecule has 7 heteroatoms. The maximum absolute atomic E-state index is 12.8. The van der Waals surface area contributed by atoms with Gasteiger partial charge in [0.05, 0.1) is 5.92 Å². The van der Waals surface area contributed by atoms with Gasteiger partial charge in [0.2, 0.25) is 0 Å². The molecule has 0 saturated carbocycles. The molecule has 0 aliphatic carbocycles. The minimum atomic E-state index is -0.120. The van der Waals surface area contributed by atoms with Crippen molar-refractivity contribution in [1.29, 1.82) is 0 Å². The summed E-state index contributed by atoms with van der Waals surface area (Å²) in [6, 6.07) is 11.1. The number of nitrogens with zero attached hydrogens (tertiary/aromatic N) is 4. The fourth-order valence-electron chi connectivity index (χ4n) is 3.24. The van der Waals surface area contributed by atoms with Gasteiger partial charge < -0.3 is 15.1 Å². The normalized spacial score (nSPS) is 20.2. The smallest absolute Gasteiger partial charge is 0.253 e. The largest absolute Gasteiger partial charge is 0.466 e. The zero-order chi connectivity index (χ0) is 17.4. The highest BCUT2D eigenvalue weighted by Gasteiger charge is 2.36. The van der Waals surface area contributed by atoms with Crippen molar-refractivity contribution in [2.45, 2.75) is 18.9 Å². The Morgan fingerprint density at radius 1 is 1.12 bits per heavy atom. The number of likely N-dealkylation sites (tertiary alicyclic amines) is 1. The molecule has 4 rings (SSSR count). The van der Waals surface area contributed by atoms with Crippen LogP contribution in [-0.4, -0.2) is 44.7 Å².